The number of thioether (sulfide) groups is 1. The zero-order valence-electron chi connectivity index (χ0n) is 14.4. The molecule has 1 aromatic carbocycles. The molecule has 0 spiro atoms. The van der Waals surface area contributed by atoms with E-state index < -0.39 is 0 Å². The lowest BCUT2D eigenvalue weighted by molar-refractivity contribution is -0.113. The fourth-order valence-corrected chi connectivity index (χ4v) is 3.84. The quantitative estimate of drug-likeness (QED) is 0.625. The van der Waals surface area contributed by atoms with Gasteiger partial charge in [-0.3, -0.25) is 9.48 Å². The number of nitrogens with zero attached hydrogens (tertiary/aromatic N) is 4. The number of carbonyl (C=O) groups is 1. The second-order valence-electron chi connectivity index (χ2n) is 5.51. The van der Waals surface area contributed by atoms with Crippen LogP contribution in [0.4, 0.5) is 20.9 Å². The van der Waals surface area contributed by atoms with Crippen LogP contribution in [0.1, 0.15) is 11.4 Å². The maximum atomic E-state index is 13.2. The molecule has 3 rings (SSSR count). The van der Waals surface area contributed by atoms with Crippen molar-refractivity contribution < 1.29 is 9.18 Å². The number of carbonyl (C=O) groups excluding carboxylic acids is 1. The van der Waals surface area contributed by atoms with Gasteiger partial charge in [0.2, 0.25) is 11.0 Å². The van der Waals surface area contributed by atoms with E-state index in [2.05, 4.69) is 25.9 Å². The molecule has 0 aliphatic carbocycles. The molecular weight excluding hydrogens is 375 g/mol. The van der Waals surface area contributed by atoms with Gasteiger partial charge in [-0.15, -0.1) is 10.2 Å². The number of anilines is 3. The number of nitrogens with one attached hydrogen (secondary N) is 2. The average Bonchev–Trinajstić information content (AvgIpc) is 3.13. The van der Waals surface area contributed by atoms with Gasteiger partial charge in [0.25, 0.3) is 0 Å². The van der Waals surface area contributed by atoms with Gasteiger partial charge >= 0.3 is 0 Å². The van der Waals surface area contributed by atoms with Gasteiger partial charge in [0.05, 0.1) is 22.8 Å². The maximum absolute atomic E-state index is 13.2. The number of aryl methyl sites for hydroxylation is 2. The van der Waals surface area contributed by atoms with Crippen LogP contribution >= 0.6 is 23.1 Å². The van der Waals surface area contributed by atoms with Crippen molar-refractivity contribution in [3.05, 3.63) is 41.5 Å². The molecule has 0 fully saturated rings. The third-order valence-electron chi connectivity index (χ3n) is 3.58. The molecule has 136 valence electrons. The number of benzene rings is 1. The van der Waals surface area contributed by atoms with Crippen molar-refractivity contribution in [2.75, 3.05) is 16.4 Å². The summed E-state index contributed by atoms with van der Waals surface area (Å²) >= 11 is 2.60. The van der Waals surface area contributed by atoms with Crippen molar-refractivity contribution in [1.82, 2.24) is 20.0 Å². The normalized spacial score (nSPS) is 10.8. The monoisotopic (exact) mass is 392 g/mol. The van der Waals surface area contributed by atoms with Crippen molar-refractivity contribution in [3.8, 4) is 0 Å². The molecule has 10 heteroatoms. The minimum Gasteiger partial charge on any atom is -0.330 e. The second kappa shape index (κ2) is 7.83. The maximum Gasteiger partial charge on any atom is 0.234 e. The van der Waals surface area contributed by atoms with E-state index >= 15 is 0 Å². The number of halogens is 1. The molecular formula is C16H17FN6OS2. The summed E-state index contributed by atoms with van der Waals surface area (Å²) in [5.74, 6) is -0.252. The first-order valence-corrected chi connectivity index (χ1v) is 9.51. The van der Waals surface area contributed by atoms with Crippen molar-refractivity contribution >= 4 is 45.5 Å². The summed E-state index contributed by atoms with van der Waals surface area (Å²) in [5.41, 5.74) is 3.01. The molecule has 0 aliphatic heterocycles. The summed E-state index contributed by atoms with van der Waals surface area (Å²) in [5, 5.41) is 18.7. The first kappa shape index (κ1) is 18.3. The van der Waals surface area contributed by atoms with E-state index in [0.717, 1.165) is 17.1 Å². The summed E-state index contributed by atoms with van der Waals surface area (Å²) in [6, 6.07) is 6.10. The van der Waals surface area contributed by atoms with E-state index in [1.807, 2.05) is 20.9 Å². The zero-order chi connectivity index (χ0) is 18.7. The number of amides is 1. The van der Waals surface area contributed by atoms with Crippen LogP contribution in [0.3, 0.4) is 0 Å². The average molecular weight is 392 g/mol. The van der Waals surface area contributed by atoms with Gasteiger partial charge in [-0.2, -0.15) is 5.10 Å². The molecule has 7 nitrogen and oxygen atoms in total. The Labute approximate surface area is 158 Å². The van der Waals surface area contributed by atoms with Crippen LogP contribution in [0, 0.1) is 19.7 Å². The van der Waals surface area contributed by atoms with Gasteiger partial charge in [-0.05, 0) is 32.0 Å². The fraction of sp³-hybridized carbons (Fsp3) is 0.250. The Morgan fingerprint density at radius 1 is 1.35 bits per heavy atom. The van der Waals surface area contributed by atoms with Gasteiger partial charge in [0, 0.05) is 12.7 Å². The Morgan fingerprint density at radius 2 is 2.15 bits per heavy atom. The van der Waals surface area contributed by atoms with Crippen LogP contribution in [0.2, 0.25) is 0 Å². The van der Waals surface area contributed by atoms with E-state index in [-0.39, 0.29) is 17.5 Å². The zero-order valence-corrected chi connectivity index (χ0v) is 16.0. The van der Waals surface area contributed by atoms with Crippen LogP contribution in [0.15, 0.2) is 28.6 Å². The third-order valence-corrected chi connectivity index (χ3v) is 5.55. The Hall–Kier alpha value is -2.46. The highest BCUT2D eigenvalue weighted by Gasteiger charge is 2.14. The summed E-state index contributed by atoms with van der Waals surface area (Å²) in [4.78, 5) is 12.2. The molecule has 0 saturated heterocycles. The number of rotatable bonds is 6. The molecule has 2 heterocycles. The van der Waals surface area contributed by atoms with Gasteiger partial charge in [-0.25, -0.2) is 4.39 Å². The van der Waals surface area contributed by atoms with Crippen LogP contribution < -0.4 is 10.6 Å². The Morgan fingerprint density at radius 3 is 2.85 bits per heavy atom. The molecule has 26 heavy (non-hydrogen) atoms. The first-order chi connectivity index (χ1) is 12.4. The lowest BCUT2D eigenvalue weighted by Gasteiger charge is -2.04. The smallest absolute Gasteiger partial charge is 0.234 e. The number of hydrogen-bond donors (Lipinski definition) is 2. The highest BCUT2D eigenvalue weighted by atomic mass is 32.2. The number of aromatic nitrogens is 4. The van der Waals surface area contributed by atoms with E-state index in [4.69, 9.17) is 0 Å². The molecule has 0 bridgehead atoms. The molecule has 0 unspecified atom stereocenters. The van der Waals surface area contributed by atoms with E-state index in [9.17, 15) is 9.18 Å². The van der Waals surface area contributed by atoms with Crippen LogP contribution in [0.5, 0.6) is 0 Å². The van der Waals surface area contributed by atoms with Gasteiger partial charge in [-0.1, -0.05) is 29.2 Å². The highest BCUT2D eigenvalue weighted by Crippen LogP contribution is 2.28. The molecule has 0 radical (unpaired) electrons. The lowest BCUT2D eigenvalue weighted by Crippen LogP contribution is -2.15. The molecule has 1 amide bonds. The minimum absolute atomic E-state index is 0.135. The van der Waals surface area contributed by atoms with Crippen molar-refractivity contribution in [1.29, 1.82) is 0 Å². The summed E-state index contributed by atoms with van der Waals surface area (Å²) < 4.78 is 15.6. The molecule has 2 aromatic heterocycles. The molecule has 3 aromatic rings. The first-order valence-electron chi connectivity index (χ1n) is 7.71. The predicted octanol–water partition coefficient (Wildman–Crippen LogP) is 3.50. The Balaban J connectivity index is 1.55. The van der Waals surface area contributed by atoms with Crippen LogP contribution in [-0.2, 0) is 11.8 Å². The lowest BCUT2D eigenvalue weighted by atomic mass is 10.3. The van der Waals surface area contributed by atoms with Crippen LogP contribution in [-0.4, -0.2) is 31.6 Å². The van der Waals surface area contributed by atoms with Gasteiger partial charge in [0.15, 0.2) is 4.34 Å². The van der Waals surface area contributed by atoms with E-state index in [0.29, 0.717) is 15.2 Å². The number of hydrogen-bond acceptors (Lipinski definition) is 7. The summed E-state index contributed by atoms with van der Waals surface area (Å²) in [7, 11) is 1.83. The summed E-state index contributed by atoms with van der Waals surface area (Å²) in [6.07, 6.45) is 0. The predicted molar refractivity (Wildman–Crippen MR) is 102 cm³/mol. The topological polar surface area (TPSA) is 84.7 Å². The summed E-state index contributed by atoms with van der Waals surface area (Å²) in [6.45, 7) is 3.75. The van der Waals surface area contributed by atoms with E-state index in [1.54, 1.807) is 16.8 Å². The molecule has 0 atom stereocenters. The second-order valence-corrected chi connectivity index (χ2v) is 7.71. The van der Waals surface area contributed by atoms with Crippen molar-refractivity contribution in [3.63, 3.8) is 0 Å². The largest absolute Gasteiger partial charge is 0.330 e. The molecule has 2 N–H and O–H groups in total. The third kappa shape index (κ3) is 4.38. The van der Waals surface area contributed by atoms with Crippen molar-refractivity contribution in [2.45, 2.75) is 18.2 Å². The van der Waals surface area contributed by atoms with E-state index in [1.165, 1.54) is 35.2 Å². The highest BCUT2D eigenvalue weighted by molar-refractivity contribution is 8.01. The minimum atomic E-state index is -0.327. The SMILES string of the molecule is Cc1nn(C)c(C)c1NC(=O)CSc1nnc(Nc2cccc(F)c2)s1. The van der Waals surface area contributed by atoms with Crippen LogP contribution in [0.25, 0.3) is 0 Å². The van der Waals surface area contributed by atoms with Crippen molar-refractivity contribution in [2.24, 2.45) is 7.05 Å². The van der Waals surface area contributed by atoms with Gasteiger partial charge in [0.1, 0.15) is 5.82 Å². The molecule has 0 saturated carbocycles. The van der Waals surface area contributed by atoms with Gasteiger partial charge < -0.3 is 10.6 Å². The Bertz CT molecular complexity index is 939. The molecule has 0 aliphatic rings. The Kier molecular flexibility index (Phi) is 5.52. The fourth-order valence-electron chi connectivity index (χ4n) is 2.27. The standard InChI is InChI=1S/C16H17FN6OS2/c1-9-14(10(2)23(3)22-9)19-13(24)8-25-16-21-20-15(26-16)18-12-6-4-5-11(17)7-12/h4-7H,8H2,1-3H3,(H,18,20)(H,19,24).